The molecule has 62 heavy (non-hydrogen) atoms. The summed E-state index contributed by atoms with van der Waals surface area (Å²) in [7, 11) is 0. The Balaban J connectivity index is 1.98. The minimum atomic E-state index is -2.23. The molecule has 3 fully saturated rings. The maximum Gasteiger partial charge on any atom is 0.409 e. The van der Waals surface area contributed by atoms with E-state index in [1.807, 2.05) is 0 Å². The summed E-state index contributed by atoms with van der Waals surface area (Å²) in [6.07, 6.45) is -22.3. The Hall–Kier alpha value is -3.36. The number of hydrogen-bond acceptors (Lipinski definition) is 19. The van der Waals surface area contributed by atoms with E-state index in [2.05, 4.69) is 21.3 Å². The summed E-state index contributed by atoms with van der Waals surface area (Å²) in [5.74, 6) is 0. The van der Waals surface area contributed by atoms with Gasteiger partial charge in [-0.15, -0.1) is 0 Å². The summed E-state index contributed by atoms with van der Waals surface area (Å²) in [6, 6.07) is -1.57. The maximum absolute atomic E-state index is 13.4. The average molecular weight is 899 g/mol. The molecule has 0 bridgehead atoms. The van der Waals surface area contributed by atoms with E-state index in [0.29, 0.717) is 0 Å². The van der Waals surface area contributed by atoms with Crippen LogP contribution >= 0.6 is 0 Å². The molecule has 0 aromatic carbocycles. The van der Waals surface area contributed by atoms with Crippen molar-refractivity contribution < 1.29 is 92.8 Å². The van der Waals surface area contributed by atoms with Gasteiger partial charge < -0.3 is 89.6 Å². The van der Waals surface area contributed by atoms with E-state index in [-0.39, 0.29) is 13.0 Å². The van der Waals surface area contributed by atoms with Gasteiger partial charge in [0.05, 0.1) is 24.8 Å². The number of nitrogens with one attached hydrogen (secondary N) is 4. The van der Waals surface area contributed by atoms with Gasteiger partial charge in [-0.2, -0.15) is 0 Å². The molecule has 0 radical (unpaired) electrons. The molecule has 13 atom stereocenters. The Bertz CT molecular complexity index is 1530. The number of aliphatic hydroxyl groups is 7. The molecule has 2 heterocycles. The minimum absolute atomic E-state index is 0.245. The first-order valence-corrected chi connectivity index (χ1v) is 20.5. The lowest BCUT2D eigenvalue weighted by Crippen LogP contribution is -2.72. The highest BCUT2D eigenvalue weighted by atomic mass is 16.7. The van der Waals surface area contributed by atoms with Crippen LogP contribution < -0.4 is 21.3 Å². The molecule has 23 heteroatoms. The Morgan fingerprint density at radius 2 is 1.10 bits per heavy atom. The molecule has 3 aliphatic rings. The zero-order valence-corrected chi connectivity index (χ0v) is 37.6. The van der Waals surface area contributed by atoms with E-state index in [1.165, 1.54) is 0 Å². The fourth-order valence-corrected chi connectivity index (χ4v) is 6.79. The average Bonchev–Trinajstić information content (AvgIpc) is 3.08. The van der Waals surface area contributed by atoms with Gasteiger partial charge in [-0.1, -0.05) is 0 Å². The van der Waals surface area contributed by atoms with Crippen molar-refractivity contribution in [2.75, 3.05) is 19.8 Å². The molecule has 8 unspecified atom stereocenters. The van der Waals surface area contributed by atoms with Crippen LogP contribution in [0.4, 0.5) is 19.2 Å². The quantitative estimate of drug-likeness (QED) is 0.0938. The van der Waals surface area contributed by atoms with E-state index in [0.717, 1.165) is 0 Å². The number of amides is 4. The Morgan fingerprint density at radius 1 is 0.597 bits per heavy atom. The molecule has 11 N–H and O–H groups in total. The number of aliphatic hydroxyl groups excluding tert-OH is 7. The third-order valence-electron chi connectivity index (χ3n) is 9.51. The van der Waals surface area contributed by atoms with Gasteiger partial charge in [0.2, 0.25) is 0 Å². The minimum Gasteiger partial charge on any atom is -0.444 e. The van der Waals surface area contributed by atoms with Crippen LogP contribution in [0.15, 0.2) is 0 Å². The van der Waals surface area contributed by atoms with Crippen LogP contribution in [0, 0.1) is 0 Å². The van der Waals surface area contributed by atoms with Gasteiger partial charge in [0.1, 0.15) is 71.2 Å². The largest absolute Gasteiger partial charge is 0.444 e. The highest BCUT2D eigenvalue weighted by Crippen LogP contribution is 2.40. The second-order valence-corrected chi connectivity index (χ2v) is 19.8. The van der Waals surface area contributed by atoms with Crippen molar-refractivity contribution >= 4 is 24.4 Å². The lowest BCUT2D eigenvalue weighted by Gasteiger charge is -2.52. The van der Waals surface area contributed by atoms with Crippen LogP contribution in [-0.2, 0) is 37.9 Å². The van der Waals surface area contributed by atoms with Crippen molar-refractivity contribution in [2.24, 2.45) is 0 Å². The first-order valence-electron chi connectivity index (χ1n) is 20.5. The highest BCUT2D eigenvalue weighted by Gasteiger charge is 2.57. The monoisotopic (exact) mass is 898 g/mol. The third kappa shape index (κ3) is 15.4. The number of carbonyl (C=O) groups is 4. The number of hydrogen-bond donors (Lipinski definition) is 11. The van der Waals surface area contributed by atoms with Gasteiger partial charge >= 0.3 is 24.4 Å². The van der Waals surface area contributed by atoms with Gasteiger partial charge in [0, 0.05) is 19.4 Å². The summed E-state index contributed by atoms with van der Waals surface area (Å²) in [5.41, 5.74) is -7.76. The van der Waals surface area contributed by atoms with E-state index >= 15 is 0 Å². The van der Waals surface area contributed by atoms with Crippen molar-refractivity contribution in [3.63, 3.8) is 0 Å². The van der Waals surface area contributed by atoms with E-state index in [4.69, 9.17) is 37.9 Å². The molecule has 2 aliphatic heterocycles. The Kier molecular flexibility index (Phi) is 17.3. The SMILES string of the molecule is CC(C)(C)OC(=O)NCC1O[C@H](OCC2(NC(=O)OC(C)(C)C)CC[C@](NC(=O)OC(C)(C)C)(OC3O[C@H](CO)C(O)C(NC(=O)OC(C)(C)C)[C@H]3O)C(O)C2)C(O)C(O)[C@@H]1O. The Morgan fingerprint density at radius 3 is 1.61 bits per heavy atom. The van der Waals surface area contributed by atoms with Gasteiger partial charge in [-0.25, -0.2) is 19.2 Å². The second kappa shape index (κ2) is 20.2. The highest BCUT2D eigenvalue weighted by molar-refractivity contribution is 5.70. The predicted molar refractivity (Wildman–Crippen MR) is 213 cm³/mol. The number of ether oxygens (including phenoxy) is 8. The summed E-state index contributed by atoms with van der Waals surface area (Å²) >= 11 is 0. The smallest absolute Gasteiger partial charge is 0.409 e. The van der Waals surface area contributed by atoms with Gasteiger partial charge in [-0.3, -0.25) is 5.32 Å². The molecule has 0 spiro atoms. The normalized spacial score (nSPS) is 34.6. The van der Waals surface area contributed by atoms with Gasteiger partial charge in [0.25, 0.3) is 0 Å². The molecule has 2 saturated heterocycles. The lowest BCUT2D eigenvalue weighted by molar-refractivity contribution is -0.333. The van der Waals surface area contributed by atoms with Crippen molar-refractivity contribution in [1.29, 1.82) is 0 Å². The molecule has 0 aromatic rings. The van der Waals surface area contributed by atoms with Gasteiger partial charge in [0.15, 0.2) is 18.3 Å². The van der Waals surface area contributed by atoms with Crippen LogP contribution in [0.25, 0.3) is 0 Å². The van der Waals surface area contributed by atoms with Crippen LogP contribution in [0.5, 0.6) is 0 Å². The van der Waals surface area contributed by atoms with Crippen molar-refractivity contribution in [3.05, 3.63) is 0 Å². The van der Waals surface area contributed by atoms with Crippen LogP contribution in [0.3, 0.4) is 0 Å². The molecule has 360 valence electrons. The number of carbonyl (C=O) groups excluding carboxylic acids is 4. The van der Waals surface area contributed by atoms with Crippen LogP contribution in [0.2, 0.25) is 0 Å². The second-order valence-electron chi connectivity index (χ2n) is 19.8. The van der Waals surface area contributed by atoms with E-state index in [1.54, 1.807) is 83.1 Å². The standard InChI is InChI=1S/C39H70N4O19/c1-34(2,3)59-30(51)40-16-19-24(47)26(49)27(50)28(56-19)55-18-38(42-32(53)61-36(7,8)9)13-14-39(21(45)15-38,43-33(54)62-37(10,11)12)58-29-25(48)22(23(46)20(17-44)57-29)41-31(52)60-35(4,5)6/h19-29,44-50H,13-18H2,1-12H3,(H,40,51)(H,41,52)(H,42,53)(H,43,54)/t19?,20-,21?,22?,23?,24-,25-,26?,27?,28+,29?,38?,39+/m1/s1. The van der Waals surface area contributed by atoms with Crippen molar-refractivity contribution in [3.8, 4) is 0 Å². The van der Waals surface area contributed by atoms with Crippen molar-refractivity contribution in [2.45, 2.75) is 203 Å². The lowest BCUT2D eigenvalue weighted by atomic mass is 9.75. The summed E-state index contributed by atoms with van der Waals surface area (Å²) in [4.78, 5) is 51.9. The van der Waals surface area contributed by atoms with E-state index < -0.39 is 152 Å². The molecule has 0 aromatic heterocycles. The van der Waals surface area contributed by atoms with E-state index in [9.17, 15) is 54.9 Å². The maximum atomic E-state index is 13.4. The zero-order chi connectivity index (χ0) is 47.4. The number of alkyl carbamates (subject to hydrolysis) is 4. The number of rotatable bonds is 11. The molecular formula is C39H70N4O19. The first-order chi connectivity index (χ1) is 28.2. The molecular weight excluding hydrogens is 828 g/mol. The molecule has 1 aliphatic carbocycles. The van der Waals surface area contributed by atoms with Crippen LogP contribution in [-0.4, -0.2) is 181 Å². The summed E-state index contributed by atoms with van der Waals surface area (Å²) in [6.45, 7) is 17.5. The molecule has 3 rings (SSSR count). The predicted octanol–water partition coefficient (Wildman–Crippen LogP) is -0.286. The Labute approximate surface area is 361 Å². The fourth-order valence-electron chi connectivity index (χ4n) is 6.79. The fraction of sp³-hybridized carbons (Fsp3) is 0.897. The van der Waals surface area contributed by atoms with Crippen LogP contribution in [0.1, 0.15) is 102 Å². The molecule has 23 nitrogen and oxygen atoms in total. The van der Waals surface area contributed by atoms with Gasteiger partial charge in [-0.05, 0) is 89.5 Å². The first kappa shape index (κ1) is 53.0. The zero-order valence-electron chi connectivity index (χ0n) is 37.6. The molecule has 4 amide bonds. The summed E-state index contributed by atoms with van der Waals surface area (Å²) < 4.78 is 45.2. The summed E-state index contributed by atoms with van der Waals surface area (Å²) in [5, 5.41) is 87.0. The third-order valence-corrected chi connectivity index (χ3v) is 9.51. The van der Waals surface area contributed by atoms with Crippen molar-refractivity contribution in [1.82, 2.24) is 21.3 Å². The topological polar surface area (TPSA) is 332 Å². The molecule has 1 saturated carbocycles.